The molecule has 0 fully saturated rings. The second kappa shape index (κ2) is 9.43. The van der Waals surface area contributed by atoms with Crippen molar-refractivity contribution in [2.45, 2.75) is 6.10 Å². The van der Waals surface area contributed by atoms with Crippen LogP contribution in [0.4, 0.5) is 5.69 Å². The summed E-state index contributed by atoms with van der Waals surface area (Å²) in [6, 6.07) is 14.0. The van der Waals surface area contributed by atoms with Crippen LogP contribution in [0.3, 0.4) is 0 Å². The summed E-state index contributed by atoms with van der Waals surface area (Å²) in [7, 11) is 2.45. The van der Waals surface area contributed by atoms with Gasteiger partial charge in [-0.2, -0.15) is 0 Å². The van der Waals surface area contributed by atoms with Gasteiger partial charge in [-0.05, 0) is 29.8 Å². The standard InChI is InChI=1S/C23H20ClNO5/c1-29-22(27)18-10-6-7-13-25(20(18)23(28)30-2)19-14-16(24)11-12-17(19)21(26)15-8-4-3-5-9-15/h3-14,21,26H,1-2H3. The highest BCUT2D eigenvalue weighted by Gasteiger charge is 2.30. The van der Waals surface area contributed by atoms with E-state index in [2.05, 4.69) is 0 Å². The summed E-state index contributed by atoms with van der Waals surface area (Å²) in [6.45, 7) is 0. The zero-order valence-corrected chi connectivity index (χ0v) is 17.2. The number of nitrogens with zero attached hydrogens (tertiary/aromatic N) is 1. The van der Waals surface area contributed by atoms with E-state index in [0.29, 0.717) is 21.8 Å². The van der Waals surface area contributed by atoms with Gasteiger partial charge in [0.25, 0.3) is 0 Å². The van der Waals surface area contributed by atoms with Gasteiger partial charge in [0, 0.05) is 16.8 Å². The van der Waals surface area contributed by atoms with Crippen LogP contribution in [-0.2, 0) is 19.1 Å². The average Bonchev–Trinajstić information content (AvgIpc) is 3.01. The number of aliphatic hydroxyl groups excluding tert-OH is 1. The smallest absolute Gasteiger partial charge is 0.355 e. The fraction of sp³-hybridized carbons (Fsp3) is 0.130. The summed E-state index contributed by atoms with van der Waals surface area (Å²) in [5.74, 6) is -1.45. The highest BCUT2D eigenvalue weighted by molar-refractivity contribution is 6.31. The van der Waals surface area contributed by atoms with Crippen molar-refractivity contribution in [3.8, 4) is 0 Å². The molecule has 1 aliphatic heterocycles. The molecular weight excluding hydrogens is 406 g/mol. The first-order chi connectivity index (χ1) is 14.5. The lowest BCUT2D eigenvalue weighted by Crippen LogP contribution is -2.28. The Kier molecular flexibility index (Phi) is 6.72. The van der Waals surface area contributed by atoms with E-state index in [4.69, 9.17) is 21.1 Å². The number of hydrogen-bond acceptors (Lipinski definition) is 6. The summed E-state index contributed by atoms with van der Waals surface area (Å²) in [4.78, 5) is 26.5. The fourth-order valence-corrected chi connectivity index (χ4v) is 3.29. The molecular formula is C23H20ClNO5. The van der Waals surface area contributed by atoms with Crippen LogP contribution < -0.4 is 4.90 Å². The van der Waals surface area contributed by atoms with Crippen LogP contribution in [0.1, 0.15) is 17.2 Å². The molecule has 30 heavy (non-hydrogen) atoms. The molecule has 0 spiro atoms. The highest BCUT2D eigenvalue weighted by atomic mass is 35.5. The third-order valence-electron chi connectivity index (χ3n) is 4.55. The highest BCUT2D eigenvalue weighted by Crippen LogP contribution is 2.36. The number of halogens is 1. The Balaban J connectivity index is 2.23. The number of rotatable bonds is 5. The van der Waals surface area contributed by atoms with Crippen molar-refractivity contribution in [2.75, 3.05) is 19.1 Å². The van der Waals surface area contributed by atoms with Gasteiger partial charge >= 0.3 is 11.9 Å². The predicted octanol–water partition coefficient (Wildman–Crippen LogP) is 3.91. The van der Waals surface area contributed by atoms with Gasteiger partial charge in [0.1, 0.15) is 11.8 Å². The molecule has 0 aliphatic carbocycles. The number of allylic oxidation sites excluding steroid dienone is 2. The zero-order valence-electron chi connectivity index (χ0n) is 16.4. The molecule has 6 nitrogen and oxygen atoms in total. The summed E-state index contributed by atoms with van der Waals surface area (Å²) in [6.07, 6.45) is 5.31. The molecule has 3 rings (SSSR count). The van der Waals surface area contributed by atoms with Crippen LogP contribution in [0.5, 0.6) is 0 Å². The normalized spacial score (nSPS) is 14.3. The molecule has 1 heterocycles. The van der Waals surface area contributed by atoms with Gasteiger partial charge in [0.15, 0.2) is 0 Å². The van der Waals surface area contributed by atoms with E-state index >= 15 is 0 Å². The van der Waals surface area contributed by atoms with Crippen molar-refractivity contribution in [3.63, 3.8) is 0 Å². The lowest BCUT2D eigenvalue weighted by Gasteiger charge is -2.27. The predicted molar refractivity (Wildman–Crippen MR) is 114 cm³/mol. The maximum absolute atomic E-state index is 12.7. The summed E-state index contributed by atoms with van der Waals surface area (Å²) in [5, 5.41) is 11.4. The number of ether oxygens (including phenoxy) is 2. The Bertz CT molecular complexity index is 1040. The SMILES string of the molecule is COC(=O)C1=C(C(=O)OC)N(c2cc(Cl)ccc2C(O)c2ccccc2)C=CC=C1. The van der Waals surface area contributed by atoms with E-state index in [1.807, 2.05) is 18.2 Å². The first kappa shape index (κ1) is 21.4. The topological polar surface area (TPSA) is 76.1 Å². The lowest BCUT2D eigenvalue weighted by atomic mass is 9.99. The molecule has 0 saturated carbocycles. The molecule has 0 bridgehead atoms. The number of aliphatic hydroxyl groups is 1. The van der Waals surface area contributed by atoms with E-state index in [9.17, 15) is 14.7 Å². The van der Waals surface area contributed by atoms with Gasteiger partial charge in [-0.25, -0.2) is 9.59 Å². The summed E-state index contributed by atoms with van der Waals surface area (Å²) in [5.41, 5.74) is 1.52. The fourth-order valence-electron chi connectivity index (χ4n) is 3.12. The molecule has 0 aromatic heterocycles. The summed E-state index contributed by atoms with van der Waals surface area (Å²) < 4.78 is 9.77. The molecule has 7 heteroatoms. The van der Waals surface area contributed by atoms with Crippen LogP contribution in [0.2, 0.25) is 5.02 Å². The first-order valence-electron chi connectivity index (χ1n) is 9.05. The molecule has 2 aromatic carbocycles. The van der Waals surface area contributed by atoms with E-state index in [0.717, 1.165) is 0 Å². The van der Waals surface area contributed by atoms with Crippen molar-refractivity contribution in [2.24, 2.45) is 0 Å². The molecule has 2 aromatic rings. The van der Waals surface area contributed by atoms with Gasteiger partial charge in [-0.15, -0.1) is 0 Å². The van der Waals surface area contributed by atoms with Gasteiger partial charge < -0.3 is 19.5 Å². The minimum absolute atomic E-state index is 0.00877. The van der Waals surface area contributed by atoms with Crippen LogP contribution in [0.15, 0.2) is 84.2 Å². The quantitative estimate of drug-likeness (QED) is 0.732. The molecule has 0 radical (unpaired) electrons. The number of benzene rings is 2. The monoisotopic (exact) mass is 425 g/mol. The molecule has 1 N–H and O–H groups in total. The second-order valence-electron chi connectivity index (χ2n) is 6.33. The van der Waals surface area contributed by atoms with E-state index < -0.39 is 18.0 Å². The van der Waals surface area contributed by atoms with Gasteiger partial charge in [0.05, 0.1) is 25.5 Å². The van der Waals surface area contributed by atoms with Crippen LogP contribution in [0, 0.1) is 0 Å². The lowest BCUT2D eigenvalue weighted by molar-refractivity contribution is -0.139. The van der Waals surface area contributed by atoms with E-state index in [1.165, 1.54) is 25.2 Å². The van der Waals surface area contributed by atoms with Crippen molar-refractivity contribution < 1.29 is 24.2 Å². The molecule has 1 atom stereocenters. The van der Waals surface area contributed by atoms with Gasteiger partial charge in [0.2, 0.25) is 0 Å². The Hall–Kier alpha value is -3.35. The van der Waals surface area contributed by atoms with E-state index in [1.54, 1.807) is 48.7 Å². The minimum atomic E-state index is -0.997. The zero-order chi connectivity index (χ0) is 21.7. The Morgan fingerprint density at radius 2 is 1.70 bits per heavy atom. The van der Waals surface area contributed by atoms with Gasteiger partial charge in [-0.3, -0.25) is 0 Å². The number of esters is 2. The minimum Gasteiger partial charge on any atom is -0.465 e. The van der Waals surface area contributed by atoms with Crippen LogP contribution in [0.25, 0.3) is 0 Å². The number of anilines is 1. The Morgan fingerprint density at radius 3 is 2.37 bits per heavy atom. The van der Waals surface area contributed by atoms with Crippen molar-refractivity contribution in [1.82, 2.24) is 0 Å². The van der Waals surface area contributed by atoms with Gasteiger partial charge in [-0.1, -0.05) is 54.1 Å². The third-order valence-corrected chi connectivity index (χ3v) is 4.79. The number of hydrogen-bond donors (Lipinski definition) is 1. The van der Waals surface area contributed by atoms with Crippen LogP contribution in [-0.4, -0.2) is 31.3 Å². The third kappa shape index (κ3) is 4.30. The second-order valence-corrected chi connectivity index (χ2v) is 6.77. The van der Waals surface area contributed by atoms with Crippen molar-refractivity contribution in [1.29, 1.82) is 0 Å². The first-order valence-corrected chi connectivity index (χ1v) is 9.43. The van der Waals surface area contributed by atoms with Crippen molar-refractivity contribution >= 4 is 29.2 Å². The maximum Gasteiger partial charge on any atom is 0.355 e. The molecule has 0 amide bonds. The van der Waals surface area contributed by atoms with E-state index in [-0.39, 0.29) is 11.3 Å². The largest absolute Gasteiger partial charge is 0.465 e. The summed E-state index contributed by atoms with van der Waals surface area (Å²) >= 11 is 6.24. The molecule has 0 saturated heterocycles. The molecule has 1 unspecified atom stereocenters. The Morgan fingerprint density at radius 1 is 1.00 bits per heavy atom. The Labute approximate surface area is 179 Å². The molecule has 154 valence electrons. The van der Waals surface area contributed by atoms with Crippen molar-refractivity contribution in [3.05, 3.63) is 100 Å². The van der Waals surface area contributed by atoms with Crippen LogP contribution >= 0.6 is 11.6 Å². The maximum atomic E-state index is 12.7. The number of methoxy groups -OCH3 is 2. The number of carbonyl (C=O) groups excluding carboxylic acids is 2. The number of carbonyl (C=O) groups is 2. The average molecular weight is 426 g/mol. The molecule has 1 aliphatic rings.